The fourth-order valence-corrected chi connectivity index (χ4v) is 3.87. The van der Waals surface area contributed by atoms with Crippen molar-refractivity contribution in [2.45, 2.75) is 44.3 Å². The fraction of sp³-hybridized carbons (Fsp3) is 0.643. The molecular formula is C14H19NO3S. The van der Waals surface area contributed by atoms with E-state index < -0.39 is 5.60 Å². The molecule has 0 unspecified atom stereocenters. The Morgan fingerprint density at radius 1 is 1.47 bits per heavy atom. The van der Waals surface area contributed by atoms with Gasteiger partial charge in [0.15, 0.2) is 0 Å². The van der Waals surface area contributed by atoms with Crippen LogP contribution in [0.3, 0.4) is 0 Å². The first-order valence-electron chi connectivity index (χ1n) is 6.86. The Labute approximate surface area is 116 Å². The second-order valence-corrected chi connectivity index (χ2v) is 6.61. The first-order chi connectivity index (χ1) is 9.16. The molecule has 0 atom stereocenters. The summed E-state index contributed by atoms with van der Waals surface area (Å²) >= 11 is 1.55. The number of ether oxygens (including phenoxy) is 1. The fourth-order valence-electron chi connectivity index (χ4n) is 2.80. The highest BCUT2D eigenvalue weighted by atomic mass is 32.1. The van der Waals surface area contributed by atoms with Crippen LogP contribution in [0, 0.1) is 0 Å². The maximum Gasteiger partial charge on any atom is 0.261 e. The lowest BCUT2D eigenvalue weighted by molar-refractivity contribution is 0.0450. The summed E-state index contributed by atoms with van der Waals surface area (Å²) in [6.07, 6.45) is 4.59. The van der Waals surface area contributed by atoms with E-state index in [2.05, 4.69) is 5.32 Å². The van der Waals surface area contributed by atoms with Crippen LogP contribution in [0.5, 0.6) is 0 Å². The molecule has 1 fully saturated rings. The summed E-state index contributed by atoms with van der Waals surface area (Å²) in [7, 11) is 0. The monoisotopic (exact) mass is 281 g/mol. The summed E-state index contributed by atoms with van der Waals surface area (Å²) in [5.74, 6) is -0.0697. The number of nitrogens with one attached hydrogen (secondary N) is 1. The van der Waals surface area contributed by atoms with Gasteiger partial charge in [0.1, 0.15) is 0 Å². The molecule has 1 amide bonds. The van der Waals surface area contributed by atoms with Gasteiger partial charge in [-0.1, -0.05) is 12.8 Å². The van der Waals surface area contributed by atoms with Crippen LogP contribution in [0.2, 0.25) is 0 Å². The molecule has 0 bridgehead atoms. The number of carbonyl (C=O) groups is 1. The van der Waals surface area contributed by atoms with Crippen LogP contribution in [0.4, 0.5) is 0 Å². The van der Waals surface area contributed by atoms with Gasteiger partial charge in [0, 0.05) is 17.8 Å². The van der Waals surface area contributed by atoms with Crippen molar-refractivity contribution in [2.75, 3.05) is 13.2 Å². The third-order valence-corrected chi connectivity index (χ3v) is 5.20. The maximum absolute atomic E-state index is 12.1. The number of thiophene rings is 1. The molecule has 1 aliphatic heterocycles. The second kappa shape index (κ2) is 5.23. The van der Waals surface area contributed by atoms with E-state index >= 15 is 0 Å². The van der Waals surface area contributed by atoms with Gasteiger partial charge in [0.25, 0.3) is 5.91 Å². The van der Waals surface area contributed by atoms with E-state index in [1.54, 1.807) is 11.3 Å². The van der Waals surface area contributed by atoms with Gasteiger partial charge in [-0.3, -0.25) is 4.79 Å². The summed E-state index contributed by atoms with van der Waals surface area (Å²) in [4.78, 5) is 14.1. The smallest absolute Gasteiger partial charge is 0.261 e. The van der Waals surface area contributed by atoms with Crippen LogP contribution in [-0.4, -0.2) is 29.8 Å². The van der Waals surface area contributed by atoms with Crippen LogP contribution in [0.15, 0.2) is 6.07 Å². The van der Waals surface area contributed by atoms with Gasteiger partial charge in [-0.05, 0) is 24.5 Å². The molecule has 5 heteroatoms. The van der Waals surface area contributed by atoms with Gasteiger partial charge >= 0.3 is 0 Å². The quantitative estimate of drug-likeness (QED) is 0.889. The highest BCUT2D eigenvalue weighted by Gasteiger charge is 2.31. The van der Waals surface area contributed by atoms with E-state index in [-0.39, 0.29) is 5.91 Å². The lowest BCUT2D eigenvalue weighted by atomic mass is 10.0. The highest BCUT2D eigenvalue weighted by Crippen LogP contribution is 2.29. The van der Waals surface area contributed by atoms with Crippen molar-refractivity contribution in [3.8, 4) is 0 Å². The zero-order chi connectivity index (χ0) is 13.3. The minimum atomic E-state index is -0.685. The largest absolute Gasteiger partial charge is 0.388 e. The second-order valence-electron chi connectivity index (χ2n) is 5.48. The lowest BCUT2D eigenvalue weighted by Crippen LogP contribution is -2.40. The molecule has 0 spiro atoms. The average Bonchev–Trinajstić information content (AvgIpc) is 3.02. The van der Waals surface area contributed by atoms with E-state index in [1.165, 1.54) is 4.88 Å². The Kier molecular flexibility index (Phi) is 3.60. The van der Waals surface area contributed by atoms with E-state index in [4.69, 9.17) is 4.74 Å². The molecule has 1 aromatic heterocycles. The molecule has 4 nitrogen and oxygen atoms in total. The zero-order valence-corrected chi connectivity index (χ0v) is 11.7. The number of rotatable bonds is 3. The highest BCUT2D eigenvalue weighted by molar-refractivity contribution is 7.14. The predicted molar refractivity (Wildman–Crippen MR) is 73.4 cm³/mol. The van der Waals surface area contributed by atoms with Gasteiger partial charge in [-0.2, -0.15) is 0 Å². The molecule has 104 valence electrons. The molecule has 3 rings (SSSR count). The number of carbonyl (C=O) groups excluding carboxylic acids is 1. The standard InChI is InChI=1S/C14H19NO3S/c16-13(15-9-14(17)4-1-2-5-14)12-7-10-8-18-6-3-11(10)19-12/h7,17H,1-6,8-9H2,(H,15,16). The molecular weight excluding hydrogens is 262 g/mol. The third kappa shape index (κ3) is 2.83. The van der Waals surface area contributed by atoms with Gasteiger partial charge in [-0.25, -0.2) is 0 Å². The molecule has 1 aromatic rings. The maximum atomic E-state index is 12.1. The molecule has 1 saturated carbocycles. The van der Waals surface area contributed by atoms with E-state index in [0.29, 0.717) is 13.2 Å². The van der Waals surface area contributed by atoms with E-state index in [0.717, 1.165) is 49.2 Å². The van der Waals surface area contributed by atoms with Crippen molar-refractivity contribution in [3.05, 3.63) is 21.4 Å². The Morgan fingerprint density at radius 2 is 2.26 bits per heavy atom. The molecule has 1 aliphatic carbocycles. The van der Waals surface area contributed by atoms with Crippen molar-refractivity contribution < 1.29 is 14.6 Å². The van der Waals surface area contributed by atoms with Crippen molar-refractivity contribution in [3.63, 3.8) is 0 Å². The number of hydrogen-bond donors (Lipinski definition) is 2. The van der Waals surface area contributed by atoms with E-state index in [1.807, 2.05) is 6.07 Å². The predicted octanol–water partition coefficient (Wildman–Crippen LogP) is 1.86. The van der Waals surface area contributed by atoms with Crippen LogP contribution in [-0.2, 0) is 17.8 Å². The van der Waals surface area contributed by atoms with Crippen LogP contribution in [0.1, 0.15) is 45.8 Å². The number of amides is 1. The summed E-state index contributed by atoms with van der Waals surface area (Å²) in [5.41, 5.74) is 0.455. The normalized spacial score (nSPS) is 21.1. The van der Waals surface area contributed by atoms with Crippen LogP contribution < -0.4 is 5.32 Å². The van der Waals surface area contributed by atoms with Gasteiger partial charge in [0.05, 0.1) is 23.7 Å². The molecule has 0 aromatic carbocycles. The SMILES string of the molecule is O=C(NCC1(O)CCCC1)c1cc2c(s1)CCOC2. The molecule has 0 radical (unpaired) electrons. The zero-order valence-electron chi connectivity index (χ0n) is 10.9. The minimum Gasteiger partial charge on any atom is -0.388 e. The minimum absolute atomic E-state index is 0.0697. The molecule has 0 saturated heterocycles. The van der Waals surface area contributed by atoms with Gasteiger partial charge < -0.3 is 15.2 Å². The van der Waals surface area contributed by atoms with E-state index in [9.17, 15) is 9.90 Å². The first-order valence-corrected chi connectivity index (χ1v) is 7.68. The topological polar surface area (TPSA) is 58.6 Å². The van der Waals surface area contributed by atoms with Crippen molar-refractivity contribution in [1.29, 1.82) is 0 Å². The van der Waals surface area contributed by atoms with Crippen LogP contribution >= 0.6 is 11.3 Å². The first kappa shape index (κ1) is 13.1. The Balaban J connectivity index is 1.62. The summed E-state index contributed by atoms with van der Waals surface area (Å²) in [5, 5.41) is 13.1. The summed E-state index contributed by atoms with van der Waals surface area (Å²) < 4.78 is 5.38. The Bertz CT molecular complexity index is 454. The molecule has 2 heterocycles. The van der Waals surface area contributed by atoms with Crippen molar-refractivity contribution in [2.24, 2.45) is 0 Å². The average molecular weight is 281 g/mol. The van der Waals surface area contributed by atoms with Crippen molar-refractivity contribution in [1.82, 2.24) is 5.32 Å². The molecule has 2 N–H and O–H groups in total. The summed E-state index contributed by atoms with van der Waals surface area (Å²) in [6, 6.07) is 1.92. The molecule has 19 heavy (non-hydrogen) atoms. The Morgan fingerprint density at radius 3 is 3.00 bits per heavy atom. The van der Waals surface area contributed by atoms with Gasteiger partial charge in [-0.15, -0.1) is 11.3 Å². The molecule has 2 aliphatic rings. The van der Waals surface area contributed by atoms with Crippen molar-refractivity contribution >= 4 is 17.2 Å². The number of hydrogen-bond acceptors (Lipinski definition) is 4. The number of aliphatic hydroxyl groups is 1. The third-order valence-electron chi connectivity index (χ3n) is 3.96. The summed E-state index contributed by atoms with van der Waals surface area (Å²) in [6.45, 7) is 1.72. The Hall–Kier alpha value is -0.910. The van der Waals surface area contributed by atoms with Crippen LogP contribution in [0.25, 0.3) is 0 Å². The number of fused-ring (bicyclic) bond motifs is 1. The van der Waals surface area contributed by atoms with Gasteiger partial charge in [0.2, 0.25) is 0 Å². The lowest BCUT2D eigenvalue weighted by Gasteiger charge is -2.22.